The van der Waals surface area contributed by atoms with Crippen molar-refractivity contribution in [2.45, 2.75) is 0 Å². The molecular weight excluding hydrogens is 210 g/mol. The van der Waals surface area contributed by atoms with E-state index in [9.17, 15) is 10.1 Å². The van der Waals surface area contributed by atoms with Gasteiger partial charge in [-0.05, 0) is 12.1 Å². The first-order chi connectivity index (χ1) is 7.72. The molecule has 0 bridgehead atoms. The highest BCUT2D eigenvalue weighted by molar-refractivity contribution is 5.65. The lowest BCUT2D eigenvalue weighted by molar-refractivity contribution is -0.383. The van der Waals surface area contributed by atoms with E-state index in [4.69, 9.17) is 0 Å². The van der Waals surface area contributed by atoms with Crippen LogP contribution in [-0.4, -0.2) is 26.7 Å². The third kappa shape index (κ3) is 1.70. The molecule has 0 atom stereocenters. The molecule has 16 heavy (non-hydrogen) atoms. The van der Waals surface area contributed by atoms with Crippen molar-refractivity contribution in [3.05, 3.63) is 41.0 Å². The number of aromatic nitrogens is 3. The summed E-state index contributed by atoms with van der Waals surface area (Å²) in [6.07, 6.45) is 2.93. The van der Waals surface area contributed by atoms with E-state index < -0.39 is 4.92 Å². The van der Waals surface area contributed by atoms with E-state index in [2.05, 4.69) is 15.4 Å². The number of nitro benzene ring substituents is 1. The maximum atomic E-state index is 10.7. The zero-order valence-corrected chi connectivity index (χ0v) is 8.49. The summed E-state index contributed by atoms with van der Waals surface area (Å²) in [7, 11) is 1.63. The van der Waals surface area contributed by atoms with Gasteiger partial charge in [-0.25, -0.2) is 9.67 Å². The molecule has 1 aromatic heterocycles. The highest BCUT2D eigenvalue weighted by atomic mass is 16.6. The van der Waals surface area contributed by atoms with Gasteiger partial charge in [0, 0.05) is 13.1 Å². The Kier molecular flexibility index (Phi) is 2.50. The number of benzene rings is 1. The van der Waals surface area contributed by atoms with Gasteiger partial charge in [0.25, 0.3) is 5.69 Å². The molecule has 2 aromatic rings. The van der Waals surface area contributed by atoms with E-state index in [-0.39, 0.29) is 5.69 Å². The predicted molar refractivity (Wildman–Crippen MR) is 57.6 cm³/mol. The number of anilines is 1. The summed E-state index contributed by atoms with van der Waals surface area (Å²) >= 11 is 0. The van der Waals surface area contributed by atoms with Crippen molar-refractivity contribution in [1.29, 1.82) is 0 Å². The minimum Gasteiger partial charge on any atom is -0.383 e. The average molecular weight is 219 g/mol. The van der Waals surface area contributed by atoms with Gasteiger partial charge in [0.1, 0.15) is 18.3 Å². The van der Waals surface area contributed by atoms with Crippen LogP contribution in [0.3, 0.4) is 0 Å². The molecular formula is C9H9N5O2. The Morgan fingerprint density at radius 3 is 2.88 bits per heavy atom. The number of hydrogen-bond acceptors (Lipinski definition) is 5. The van der Waals surface area contributed by atoms with Crippen LogP contribution < -0.4 is 5.32 Å². The van der Waals surface area contributed by atoms with Crippen molar-refractivity contribution in [3.8, 4) is 5.69 Å². The minimum absolute atomic E-state index is 0.0337. The molecule has 0 aliphatic heterocycles. The molecule has 2 rings (SSSR count). The van der Waals surface area contributed by atoms with Crippen molar-refractivity contribution in [1.82, 2.24) is 14.8 Å². The van der Waals surface area contributed by atoms with Gasteiger partial charge < -0.3 is 5.32 Å². The van der Waals surface area contributed by atoms with Crippen LogP contribution in [0, 0.1) is 10.1 Å². The van der Waals surface area contributed by atoms with Gasteiger partial charge in [0.2, 0.25) is 0 Å². The fourth-order valence-electron chi connectivity index (χ4n) is 1.37. The highest BCUT2D eigenvalue weighted by Crippen LogP contribution is 2.25. The molecule has 1 heterocycles. The second-order valence-electron chi connectivity index (χ2n) is 3.05. The average Bonchev–Trinajstić information content (AvgIpc) is 2.81. The third-order valence-electron chi connectivity index (χ3n) is 2.13. The molecule has 0 aliphatic carbocycles. The molecule has 0 aliphatic rings. The van der Waals surface area contributed by atoms with Gasteiger partial charge in [0.15, 0.2) is 0 Å². The van der Waals surface area contributed by atoms with Crippen molar-refractivity contribution < 1.29 is 4.92 Å². The largest absolute Gasteiger partial charge is 0.383 e. The Hall–Kier alpha value is -2.44. The first-order valence-corrected chi connectivity index (χ1v) is 4.53. The predicted octanol–water partition coefficient (Wildman–Crippen LogP) is 1.22. The van der Waals surface area contributed by atoms with E-state index in [1.807, 2.05) is 0 Å². The maximum Gasteiger partial charge on any atom is 0.292 e. The molecule has 1 N–H and O–H groups in total. The normalized spacial score (nSPS) is 10.1. The zero-order chi connectivity index (χ0) is 11.5. The van der Waals surface area contributed by atoms with Crippen molar-refractivity contribution in [2.24, 2.45) is 0 Å². The van der Waals surface area contributed by atoms with Crippen LogP contribution in [0.5, 0.6) is 0 Å². The molecule has 0 amide bonds. The Bertz CT molecular complexity index is 509. The minimum atomic E-state index is -0.434. The lowest BCUT2D eigenvalue weighted by atomic mass is 10.2. The van der Waals surface area contributed by atoms with Crippen molar-refractivity contribution in [2.75, 3.05) is 12.4 Å². The smallest absolute Gasteiger partial charge is 0.292 e. The van der Waals surface area contributed by atoms with E-state index in [1.54, 1.807) is 19.2 Å². The fraction of sp³-hybridized carbons (Fsp3) is 0.111. The van der Waals surface area contributed by atoms with Gasteiger partial charge in [-0.2, -0.15) is 5.10 Å². The molecule has 0 radical (unpaired) electrons. The summed E-state index contributed by atoms with van der Waals surface area (Å²) in [5.74, 6) is 0. The van der Waals surface area contributed by atoms with E-state index in [0.29, 0.717) is 11.4 Å². The van der Waals surface area contributed by atoms with Gasteiger partial charge >= 0.3 is 0 Å². The monoisotopic (exact) mass is 219 g/mol. The number of rotatable bonds is 3. The molecule has 1 aromatic carbocycles. The third-order valence-corrected chi connectivity index (χ3v) is 2.13. The second kappa shape index (κ2) is 3.97. The Balaban J connectivity index is 2.49. The van der Waals surface area contributed by atoms with Crippen LogP contribution in [0.1, 0.15) is 0 Å². The molecule has 0 saturated carbocycles. The van der Waals surface area contributed by atoms with Gasteiger partial charge in [-0.15, -0.1) is 0 Å². The van der Waals surface area contributed by atoms with Gasteiger partial charge in [-0.1, -0.05) is 0 Å². The van der Waals surface area contributed by atoms with Crippen LogP contribution in [0.2, 0.25) is 0 Å². The highest BCUT2D eigenvalue weighted by Gasteiger charge is 2.13. The topological polar surface area (TPSA) is 85.9 Å². The fourth-order valence-corrected chi connectivity index (χ4v) is 1.37. The first-order valence-electron chi connectivity index (χ1n) is 4.53. The lowest BCUT2D eigenvalue weighted by Gasteiger charge is -2.05. The van der Waals surface area contributed by atoms with Crippen LogP contribution in [0.25, 0.3) is 5.69 Å². The molecule has 0 fully saturated rings. The molecule has 7 nitrogen and oxygen atoms in total. The Morgan fingerprint density at radius 1 is 1.50 bits per heavy atom. The van der Waals surface area contributed by atoms with Crippen LogP contribution >= 0.6 is 0 Å². The quantitative estimate of drug-likeness (QED) is 0.619. The SMILES string of the molecule is CNc1cc(-n2cncn2)ccc1[N+](=O)[O-]. The van der Waals surface area contributed by atoms with Gasteiger partial charge in [0.05, 0.1) is 10.6 Å². The second-order valence-corrected chi connectivity index (χ2v) is 3.05. The van der Waals surface area contributed by atoms with Gasteiger partial charge in [-0.3, -0.25) is 10.1 Å². The number of nitro groups is 1. The summed E-state index contributed by atoms with van der Waals surface area (Å²) < 4.78 is 1.53. The molecule has 7 heteroatoms. The van der Waals surface area contributed by atoms with Crippen LogP contribution in [0.4, 0.5) is 11.4 Å². The summed E-state index contributed by atoms with van der Waals surface area (Å²) in [6, 6.07) is 4.70. The number of nitrogens with one attached hydrogen (secondary N) is 1. The first kappa shape index (κ1) is 10.1. The van der Waals surface area contributed by atoms with Crippen molar-refractivity contribution >= 4 is 11.4 Å². The summed E-state index contributed by atoms with van der Waals surface area (Å²) in [5, 5.41) is 17.4. The summed E-state index contributed by atoms with van der Waals surface area (Å²) in [4.78, 5) is 14.1. The van der Waals surface area contributed by atoms with Crippen molar-refractivity contribution in [3.63, 3.8) is 0 Å². The number of nitrogens with zero attached hydrogens (tertiary/aromatic N) is 4. The zero-order valence-electron chi connectivity index (χ0n) is 8.49. The van der Waals surface area contributed by atoms with Crippen LogP contribution in [-0.2, 0) is 0 Å². The Labute approximate surface area is 90.9 Å². The molecule has 82 valence electrons. The van der Waals surface area contributed by atoms with E-state index in [0.717, 1.165) is 0 Å². The summed E-state index contributed by atoms with van der Waals surface area (Å²) in [5.41, 5.74) is 1.19. The van der Waals surface area contributed by atoms with E-state index in [1.165, 1.54) is 23.4 Å². The van der Waals surface area contributed by atoms with Crippen LogP contribution in [0.15, 0.2) is 30.9 Å². The maximum absolute atomic E-state index is 10.7. The standard InChI is InChI=1S/C9H9N5O2/c1-10-8-4-7(13-6-11-5-12-13)2-3-9(8)14(15)16/h2-6,10H,1H3. The molecule has 0 unspecified atom stereocenters. The number of hydrogen-bond donors (Lipinski definition) is 1. The lowest BCUT2D eigenvalue weighted by Crippen LogP contribution is -2.00. The molecule has 0 spiro atoms. The summed E-state index contributed by atoms with van der Waals surface area (Å²) in [6.45, 7) is 0. The Morgan fingerprint density at radius 2 is 2.31 bits per heavy atom. The van der Waals surface area contributed by atoms with E-state index >= 15 is 0 Å². The molecule has 0 saturated heterocycles.